The Morgan fingerprint density at radius 3 is 2.21 bits per heavy atom. The maximum absolute atomic E-state index is 6.19. The molecule has 1 aliphatic carbocycles. The van der Waals surface area contributed by atoms with E-state index in [9.17, 15) is 0 Å². The Hall–Kier alpha value is -0.860. The molecule has 0 radical (unpaired) electrons. The number of rotatable bonds is 6. The SMILES string of the molecule is CC1(C)C(CNCC(N)Cc2ccccc2)C1(C)C. The van der Waals surface area contributed by atoms with Crippen molar-refractivity contribution in [2.45, 2.75) is 40.2 Å². The summed E-state index contributed by atoms with van der Waals surface area (Å²) in [6.45, 7) is 11.4. The summed E-state index contributed by atoms with van der Waals surface area (Å²) in [6, 6.07) is 10.7. The molecule has 0 aromatic heterocycles. The van der Waals surface area contributed by atoms with Gasteiger partial charge in [0.25, 0.3) is 0 Å². The van der Waals surface area contributed by atoms with Crippen LogP contribution in [0.2, 0.25) is 0 Å². The quantitative estimate of drug-likeness (QED) is 0.825. The van der Waals surface area contributed by atoms with E-state index in [1.54, 1.807) is 0 Å². The molecular formula is C17H28N2. The summed E-state index contributed by atoms with van der Waals surface area (Å²) in [4.78, 5) is 0. The van der Waals surface area contributed by atoms with Crippen LogP contribution in [0.1, 0.15) is 33.3 Å². The topological polar surface area (TPSA) is 38.0 Å². The van der Waals surface area contributed by atoms with Crippen molar-refractivity contribution in [2.24, 2.45) is 22.5 Å². The molecule has 1 saturated carbocycles. The molecule has 0 heterocycles. The molecule has 106 valence electrons. The van der Waals surface area contributed by atoms with E-state index in [1.807, 2.05) is 6.07 Å². The molecule has 1 aromatic rings. The zero-order valence-electron chi connectivity index (χ0n) is 12.7. The van der Waals surface area contributed by atoms with Gasteiger partial charge in [-0.15, -0.1) is 0 Å². The Balaban J connectivity index is 1.70. The fourth-order valence-electron chi connectivity index (χ4n) is 3.25. The lowest BCUT2D eigenvalue weighted by Crippen LogP contribution is -2.36. The van der Waals surface area contributed by atoms with Crippen molar-refractivity contribution in [3.05, 3.63) is 35.9 Å². The molecule has 2 rings (SSSR count). The maximum atomic E-state index is 6.19. The molecule has 3 N–H and O–H groups in total. The Labute approximate surface area is 117 Å². The molecule has 2 nitrogen and oxygen atoms in total. The summed E-state index contributed by atoms with van der Waals surface area (Å²) < 4.78 is 0. The van der Waals surface area contributed by atoms with E-state index < -0.39 is 0 Å². The Morgan fingerprint density at radius 2 is 1.68 bits per heavy atom. The summed E-state index contributed by atoms with van der Waals surface area (Å²) in [6.07, 6.45) is 0.950. The summed E-state index contributed by atoms with van der Waals surface area (Å²) in [7, 11) is 0. The lowest BCUT2D eigenvalue weighted by Gasteiger charge is -2.13. The van der Waals surface area contributed by atoms with Gasteiger partial charge < -0.3 is 11.1 Å². The Bertz CT molecular complexity index is 395. The van der Waals surface area contributed by atoms with Crippen LogP contribution < -0.4 is 11.1 Å². The normalized spacial score (nSPS) is 22.2. The fourth-order valence-corrected chi connectivity index (χ4v) is 3.25. The van der Waals surface area contributed by atoms with Gasteiger partial charge >= 0.3 is 0 Å². The molecule has 0 spiro atoms. The summed E-state index contributed by atoms with van der Waals surface area (Å²) in [5.74, 6) is 0.768. The van der Waals surface area contributed by atoms with Gasteiger partial charge in [-0.05, 0) is 35.3 Å². The average Bonchev–Trinajstić information content (AvgIpc) is 2.72. The number of benzene rings is 1. The van der Waals surface area contributed by atoms with Gasteiger partial charge in [-0.3, -0.25) is 0 Å². The van der Waals surface area contributed by atoms with Crippen LogP contribution in [0.4, 0.5) is 0 Å². The first kappa shape index (κ1) is 14.5. The molecule has 0 bridgehead atoms. The standard InChI is InChI=1S/C17H28N2/c1-16(2)15(17(16,3)4)12-19-11-14(18)10-13-8-6-5-7-9-13/h5-9,14-15,19H,10-12,18H2,1-4H3. The molecule has 0 amide bonds. The summed E-state index contributed by atoms with van der Waals surface area (Å²) >= 11 is 0. The minimum atomic E-state index is 0.201. The lowest BCUT2D eigenvalue weighted by atomic mass is 10.0. The highest BCUT2D eigenvalue weighted by Gasteiger charge is 2.63. The van der Waals surface area contributed by atoms with E-state index in [0.717, 1.165) is 25.4 Å². The minimum absolute atomic E-state index is 0.201. The first-order valence-electron chi connectivity index (χ1n) is 7.36. The Morgan fingerprint density at radius 1 is 1.11 bits per heavy atom. The highest BCUT2D eigenvalue weighted by atomic mass is 14.9. The summed E-state index contributed by atoms with van der Waals surface area (Å²) in [5.41, 5.74) is 8.43. The van der Waals surface area contributed by atoms with E-state index in [1.165, 1.54) is 5.56 Å². The van der Waals surface area contributed by atoms with Crippen LogP contribution in [-0.4, -0.2) is 19.1 Å². The van der Waals surface area contributed by atoms with Gasteiger partial charge in [-0.1, -0.05) is 58.0 Å². The van der Waals surface area contributed by atoms with Crippen LogP contribution in [0.3, 0.4) is 0 Å². The van der Waals surface area contributed by atoms with Crippen molar-refractivity contribution in [1.29, 1.82) is 0 Å². The van der Waals surface area contributed by atoms with Gasteiger partial charge in [0.1, 0.15) is 0 Å². The number of hydrogen-bond donors (Lipinski definition) is 2. The van der Waals surface area contributed by atoms with Crippen molar-refractivity contribution in [3.8, 4) is 0 Å². The molecule has 1 atom stereocenters. The highest BCUT2D eigenvalue weighted by Crippen LogP contribution is 2.67. The second kappa shape index (κ2) is 5.26. The average molecular weight is 260 g/mol. The first-order valence-corrected chi connectivity index (χ1v) is 7.36. The molecule has 1 unspecified atom stereocenters. The maximum Gasteiger partial charge on any atom is 0.0206 e. The zero-order chi connectivity index (χ0) is 14.1. The van der Waals surface area contributed by atoms with Crippen LogP contribution in [0.15, 0.2) is 30.3 Å². The van der Waals surface area contributed by atoms with Gasteiger partial charge in [0.05, 0.1) is 0 Å². The van der Waals surface area contributed by atoms with Gasteiger partial charge in [0.15, 0.2) is 0 Å². The molecular weight excluding hydrogens is 232 g/mol. The van der Waals surface area contributed by atoms with Crippen molar-refractivity contribution in [3.63, 3.8) is 0 Å². The van der Waals surface area contributed by atoms with Crippen molar-refractivity contribution >= 4 is 0 Å². The third kappa shape index (κ3) is 3.01. The Kier molecular flexibility index (Phi) is 4.03. The second-order valence-corrected chi connectivity index (χ2v) is 7.10. The van der Waals surface area contributed by atoms with Gasteiger partial charge in [0.2, 0.25) is 0 Å². The molecule has 1 aliphatic rings. The number of nitrogens with one attached hydrogen (secondary N) is 1. The molecule has 19 heavy (non-hydrogen) atoms. The number of nitrogens with two attached hydrogens (primary N) is 1. The monoisotopic (exact) mass is 260 g/mol. The number of hydrogen-bond acceptors (Lipinski definition) is 2. The molecule has 2 heteroatoms. The van der Waals surface area contributed by atoms with Crippen molar-refractivity contribution < 1.29 is 0 Å². The van der Waals surface area contributed by atoms with Crippen LogP contribution >= 0.6 is 0 Å². The van der Waals surface area contributed by atoms with Crippen LogP contribution in [0, 0.1) is 16.7 Å². The summed E-state index contributed by atoms with van der Waals surface area (Å²) in [5, 5.41) is 3.55. The van der Waals surface area contributed by atoms with E-state index in [0.29, 0.717) is 10.8 Å². The third-order valence-electron chi connectivity index (χ3n) is 5.42. The molecule has 1 fully saturated rings. The van der Waals surface area contributed by atoms with Gasteiger partial charge in [0, 0.05) is 12.6 Å². The second-order valence-electron chi connectivity index (χ2n) is 7.10. The van der Waals surface area contributed by atoms with Crippen LogP contribution in [-0.2, 0) is 6.42 Å². The van der Waals surface area contributed by atoms with E-state index in [2.05, 4.69) is 57.3 Å². The van der Waals surface area contributed by atoms with E-state index in [-0.39, 0.29) is 6.04 Å². The fraction of sp³-hybridized carbons (Fsp3) is 0.647. The van der Waals surface area contributed by atoms with Crippen LogP contribution in [0.25, 0.3) is 0 Å². The van der Waals surface area contributed by atoms with Gasteiger partial charge in [-0.25, -0.2) is 0 Å². The lowest BCUT2D eigenvalue weighted by molar-refractivity contribution is 0.457. The van der Waals surface area contributed by atoms with E-state index in [4.69, 9.17) is 5.73 Å². The first-order chi connectivity index (χ1) is 8.85. The predicted octanol–water partition coefficient (Wildman–Crippen LogP) is 2.83. The largest absolute Gasteiger partial charge is 0.326 e. The van der Waals surface area contributed by atoms with Crippen LogP contribution in [0.5, 0.6) is 0 Å². The minimum Gasteiger partial charge on any atom is -0.326 e. The molecule has 0 aliphatic heterocycles. The smallest absolute Gasteiger partial charge is 0.0206 e. The molecule has 0 saturated heterocycles. The van der Waals surface area contributed by atoms with Gasteiger partial charge in [-0.2, -0.15) is 0 Å². The zero-order valence-corrected chi connectivity index (χ0v) is 12.7. The van der Waals surface area contributed by atoms with E-state index >= 15 is 0 Å². The van der Waals surface area contributed by atoms with Crippen molar-refractivity contribution in [1.82, 2.24) is 5.32 Å². The predicted molar refractivity (Wildman–Crippen MR) is 82.0 cm³/mol. The third-order valence-corrected chi connectivity index (χ3v) is 5.42. The molecule has 1 aromatic carbocycles. The van der Waals surface area contributed by atoms with Crippen molar-refractivity contribution in [2.75, 3.05) is 13.1 Å². The highest BCUT2D eigenvalue weighted by molar-refractivity contribution is 5.16.